The highest BCUT2D eigenvalue weighted by Crippen LogP contribution is 2.39. The average molecular weight is 222 g/mol. The summed E-state index contributed by atoms with van der Waals surface area (Å²) in [5.74, 6) is -0.276. The third kappa shape index (κ3) is 2.59. The number of aromatic nitrogens is 1. The fourth-order valence-electron chi connectivity index (χ4n) is 2.10. The molecule has 16 heavy (non-hydrogen) atoms. The fourth-order valence-corrected chi connectivity index (χ4v) is 2.10. The van der Waals surface area contributed by atoms with Gasteiger partial charge in [0.25, 0.3) is 0 Å². The summed E-state index contributed by atoms with van der Waals surface area (Å²) in [5, 5.41) is 3.48. The van der Waals surface area contributed by atoms with Crippen molar-refractivity contribution in [3.63, 3.8) is 0 Å². The Bertz CT molecular complexity index is 343. The minimum absolute atomic E-state index is 0.193. The van der Waals surface area contributed by atoms with E-state index in [4.69, 9.17) is 0 Å². The normalized spacial score (nSPS) is 20.2. The fraction of sp³-hybridized carbons (Fsp3) is 0.615. The topological polar surface area (TPSA) is 24.9 Å². The summed E-state index contributed by atoms with van der Waals surface area (Å²) < 4.78 is 12.7. The molecule has 1 saturated carbocycles. The van der Waals surface area contributed by atoms with Gasteiger partial charge >= 0.3 is 0 Å². The molecule has 0 amide bonds. The zero-order valence-corrected chi connectivity index (χ0v) is 9.96. The molecule has 1 unspecified atom stereocenters. The van der Waals surface area contributed by atoms with Crippen LogP contribution in [0.15, 0.2) is 18.3 Å². The number of halogens is 1. The van der Waals surface area contributed by atoms with Crippen LogP contribution in [0.5, 0.6) is 0 Å². The predicted molar refractivity (Wildman–Crippen MR) is 62.6 cm³/mol. The first-order valence-electron chi connectivity index (χ1n) is 5.94. The van der Waals surface area contributed by atoms with E-state index in [1.54, 1.807) is 6.07 Å². The Kier molecular flexibility index (Phi) is 3.24. The van der Waals surface area contributed by atoms with E-state index in [1.807, 2.05) is 0 Å². The van der Waals surface area contributed by atoms with Gasteiger partial charge in [-0.3, -0.25) is 4.98 Å². The first-order valence-corrected chi connectivity index (χ1v) is 5.94. The van der Waals surface area contributed by atoms with Crippen LogP contribution in [0.3, 0.4) is 0 Å². The third-order valence-electron chi connectivity index (χ3n) is 3.59. The van der Waals surface area contributed by atoms with Crippen LogP contribution in [0.4, 0.5) is 4.39 Å². The van der Waals surface area contributed by atoms with Crippen LogP contribution in [-0.4, -0.2) is 11.5 Å². The summed E-state index contributed by atoms with van der Waals surface area (Å²) in [7, 11) is 0. The SMILES string of the molecule is CC(NCC1(C)CCC1)c1ccc(F)cn1. The van der Waals surface area contributed by atoms with E-state index in [9.17, 15) is 4.39 Å². The molecule has 88 valence electrons. The van der Waals surface area contributed by atoms with Gasteiger partial charge in [-0.25, -0.2) is 4.39 Å². The minimum Gasteiger partial charge on any atom is -0.308 e. The zero-order valence-electron chi connectivity index (χ0n) is 9.96. The highest BCUT2D eigenvalue weighted by Gasteiger charge is 2.31. The van der Waals surface area contributed by atoms with Gasteiger partial charge < -0.3 is 5.32 Å². The first-order chi connectivity index (χ1) is 7.59. The van der Waals surface area contributed by atoms with E-state index in [0.29, 0.717) is 5.41 Å². The molecule has 1 aromatic rings. The van der Waals surface area contributed by atoms with Crippen LogP contribution in [0, 0.1) is 11.2 Å². The zero-order chi connectivity index (χ0) is 11.6. The Morgan fingerprint density at radius 2 is 2.25 bits per heavy atom. The molecule has 3 heteroatoms. The molecule has 0 saturated heterocycles. The minimum atomic E-state index is -0.276. The van der Waals surface area contributed by atoms with Crippen molar-refractivity contribution < 1.29 is 4.39 Å². The molecule has 0 aliphatic heterocycles. The lowest BCUT2D eigenvalue weighted by molar-refractivity contribution is 0.151. The molecule has 0 spiro atoms. The maximum Gasteiger partial charge on any atom is 0.141 e. The van der Waals surface area contributed by atoms with Gasteiger partial charge in [-0.2, -0.15) is 0 Å². The average Bonchev–Trinajstić information content (AvgIpc) is 2.24. The molecular formula is C13H19FN2. The summed E-state index contributed by atoms with van der Waals surface area (Å²) in [5.41, 5.74) is 1.37. The van der Waals surface area contributed by atoms with Gasteiger partial charge in [-0.15, -0.1) is 0 Å². The van der Waals surface area contributed by atoms with Crippen molar-refractivity contribution in [2.45, 2.75) is 39.2 Å². The Morgan fingerprint density at radius 1 is 1.50 bits per heavy atom. The van der Waals surface area contributed by atoms with Crippen LogP contribution >= 0.6 is 0 Å². The van der Waals surface area contributed by atoms with Gasteiger partial charge in [0.1, 0.15) is 5.82 Å². The van der Waals surface area contributed by atoms with Crippen molar-refractivity contribution in [3.05, 3.63) is 29.8 Å². The van der Waals surface area contributed by atoms with Gasteiger partial charge in [-0.05, 0) is 37.3 Å². The summed E-state index contributed by atoms with van der Waals surface area (Å²) in [6.45, 7) is 5.41. The summed E-state index contributed by atoms with van der Waals surface area (Å²) >= 11 is 0. The predicted octanol–water partition coefficient (Wildman–Crippen LogP) is 3.06. The Balaban J connectivity index is 1.87. The van der Waals surface area contributed by atoms with Crippen LogP contribution in [-0.2, 0) is 0 Å². The van der Waals surface area contributed by atoms with E-state index < -0.39 is 0 Å². The number of nitrogens with zero attached hydrogens (tertiary/aromatic N) is 1. The second kappa shape index (κ2) is 4.50. The highest BCUT2D eigenvalue weighted by molar-refractivity contribution is 5.09. The second-order valence-electron chi connectivity index (χ2n) is 5.17. The Labute approximate surface area is 96.3 Å². The van der Waals surface area contributed by atoms with Gasteiger partial charge in [0.15, 0.2) is 0 Å². The molecule has 1 aromatic heterocycles. The molecule has 1 fully saturated rings. The van der Waals surface area contributed by atoms with E-state index in [0.717, 1.165) is 12.2 Å². The van der Waals surface area contributed by atoms with Crippen molar-refractivity contribution in [2.75, 3.05) is 6.54 Å². The molecule has 0 aromatic carbocycles. The van der Waals surface area contributed by atoms with Crippen LogP contribution in [0.25, 0.3) is 0 Å². The Morgan fingerprint density at radius 3 is 2.75 bits per heavy atom. The number of rotatable bonds is 4. The van der Waals surface area contributed by atoms with Crippen LogP contribution in [0.2, 0.25) is 0 Å². The van der Waals surface area contributed by atoms with Crippen LogP contribution < -0.4 is 5.32 Å². The first kappa shape index (κ1) is 11.5. The highest BCUT2D eigenvalue weighted by atomic mass is 19.1. The van der Waals surface area contributed by atoms with Crippen molar-refractivity contribution >= 4 is 0 Å². The van der Waals surface area contributed by atoms with Crippen molar-refractivity contribution in [3.8, 4) is 0 Å². The molecule has 1 heterocycles. The molecule has 1 aliphatic rings. The Hall–Kier alpha value is -0.960. The number of hydrogen-bond acceptors (Lipinski definition) is 2. The quantitative estimate of drug-likeness (QED) is 0.847. The largest absolute Gasteiger partial charge is 0.308 e. The molecule has 0 bridgehead atoms. The van der Waals surface area contributed by atoms with Crippen molar-refractivity contribution in [1.82, 2.24) is 10.3 Å². The lowest BCUT2D eigenvalue weighted by Gasteiger charge is -2.39. The summed E-state index contributed by atoms with van der Waals surface area (Å²) in [6.07, 6.45) is 5.24. The lowest BCUT2D eigenvalue weighted by atomic mass is 9.70. The molecule has 1 atom stereocenters. The monoisotopic (exact) mass is 222 g/mol. The van der Waals surface area contributed by atoms with Crippen molar-refractivity contribution in [2.24, 2.45) is 5.41 Å². The van der Waals surface area contributed by atoms with Gasteiger partial charge in [0.05, 0.1) is 11.9 Å². The maximum absolute atomic E-state index is 12.7. The number of nitrogens with one attached hydrogen (secondary N) is 1. The van der Waals surface area contributed by atoms with Gasteiger partial charge in [0.2, 0.25) is 0 Å². The molecule has 2 rings (SSSR count). The summed E-state index contributed by atoms with van der Waals surface area (Å²) in [4.78, 5) is 4.09. The lowest BCUT2D eigenvalue weighted by Crippen LogP contribution is -2.38. The van der Waals surface area contributed by atoms with E-state index in [-0.39, 0.29) is 11.9 Å². The maximum atomic E-state index is 12.7. The molecular weight excluding hydrogens is 203 g/mol. The van der Waals surface area contributed by atoms with E-state index in [1.165, 1.54) is 31.5 Å². The van der Waals surface area contributed by atoms with Gasteiger partial charge in [0, 0.05) is 12.6 Å². The molecule has 0 radical (unpaired) electrons. The standard InChI is InChI=1S/C13H19FN2/c1-10(12-5-4-11(14)8-15-12)16-9-13(2)6-3-7-13/h4-5,8,10,16H,3,6-7,9H2,1-2H3. The van der Waals surface area contributed by atoms with Gasteiger partial charge in [-0.1, -0.05) is 13.3 Å². The summed E-state index contributed by atoms with van der Waals surface area (Å²) in [6, 6.07) is 3.40. The molecule has 1 N–H and O–H groups in total. The molecule has 1 aliphatic carbocycles. The van der Waals surface area contributed by atoms with Crippen LogP contribution in [0.1, 0.15) is 44.8 Å². The van der Waals surface area contributed by atoms with Crippen molar-refractivity contribution in [1.29, 1.82) is 0 Å². The van der Waals surface area contributed by atoms with E-state index in [2.05, 4.69) is 24.1 Å². The second-order valence-corrected chi connectivity index (χ2v) is 5.17. The third-order valence-corrected chi connectivity index (χ3v) is 3.59. The smallest absolute Gasteiger partial charge is 0.141 e. The van der Waals surface area contributed by atoms with E-state index >= 15 is 0 Å². The molecule has 2 nitrogen and oxygen atoms in total. The number of pyridine rings is 1. The number of hydrogen-bond donors (Lipinski definition) is 1.